The summed E-state index contributed by atoms with van der Waals surface area (Å²) in [6, 6.07) is 9.80. The van der Waals surface area contributed by atoms with Gasteiger partial charge in [-0.1, -0.05) is 45.9 Å². The second-order valence-corrected chi connectivity index (χ2v) is 6.64. The minimum Gasteiger partial charge on any atom is -0.492 e. The lowest BCUT2D eigenvalue weighted by Crippen LogP contribution is -2.46. The van der Waals surface area contributed by atoms with E-state index in [0.29, 0.717) is 25.7 Å². The molecule has 0 amide bonds. The van der Waals surface area contributed by atoms with Gasteiger partial charge in [-0.15, -0.1) is 0 Å². The molecule has 1 aromatic rings. The summed E-state index contributed by atoms with van der Waals surface area (Å²) in [6.45, 7) is 17.1. The number of aliphatic imine (C=N–C) groups is 1. The molecule has 0 heterocycles. The topological polar surface area (TPSA) is 67.1 Å². The summed E-state index contributed by atoms with van der Waals surface area (Å²) >= 11 is 0. The number of hydrogen-bond acceptors (Lipinski definition) is 5. The van der Waals surface area contributed by atoms with E-state index in [4.69, 9.17) is 9.73 Å². The van der Waals surface area contributed by atoms with Gasteiger partial charge in [-0.2, -0.15) is 5.26 Å². The molecule has 7 nitrogen and oxygen atoms in total. The first kappa shape index (κ1) is 24.7. The van der Waals surface area contributed by atoms with Gasteiger partial charge in [0.25, 0.3) is 0 Å². The number of para-hydroxylation sites is 1. The molecule has 1 rings (SSSR count). The number of guanidine groups is 1. The Labute approximate surface area is 177 Å². The molecule has 0 atom stereocenters. The summed E-state index contributed by atoms with van der Waals surface area (Å²) in [6.07, 6.45) is 2.05. The minimum absolute atomic E-state index is 0.532. The molecule has 0 saturated heterocycles. The summed E-state index contributed by atoms with van der Waals surface area (Å²) in [5, 5.41) is 12.0. The van der Waals surface area contributed by atoms with Crippen LogP contribution in [0.1, 0.15) is 27.7 Å². The third-order valence-electron chi connectivity index (χ3n) is 4.99. The largest absolute Gasteiger partial charge is 0.492 e. The first-order chi connectivity index (χ1) is 14.2. The number of likely N-dealkylation sites (N-methyl/N-ethyl adjacent to an activating group) is 2. The molecule has 1 aromatic carbocycles. The maximum atomic E-state index is 9.24. The second kappa shape index (κ2) is 15.6. The monoisotopic (exact) mass is 402 g/mol. The van der Waals surface area contributed by atoms with Crippen LogP contribution in [0.2, 0.25) is 0 Å². The van der Waals surface area contributed by atoms with Gasteiger partial charge in [0.1, 0.15) is 12.4 Å². The molecule has 0 fully saturated rings. The standard InChI is InChI=1S/C22H38N6O/c1-5-26(6-2)15-14-24-22(25-20-23)28(17-16-27(7-3)8-4)18-19-29-21-12-10-9-11-13-21/h9-13H,5-8,14-19H2,1-4H3,(H,24,25). The lowest BCUT2D eigenvalue weighted by molar-refractivity contribution is 0.232. The normalized spacial score (nSPS) is 11.6. The fraction of sp³-hybridized carbons (Fsp3) is 0.636. The van der Waals surface area contributed by atoms with Crippen molar-refractivity contribution in [2.45, 2.75) is 27.7 Å². The van der Waals surface area contributed by atoms with Crippen LogP contribution < -0.4 is 10.1 Å². The first-order valence-corrected chi connectivity index (χ1v) is 10.7. The third-order valence-corrected chi connectivity index (χ3v) is 4.99. The molecular weight excluding hydrogens is 364 g/mol. The second-order valence-electron chi connectivity index (χ2n) is 6.64. The average molecular weight is 403 g/mol. The highest BCUT2D eigenvalue weighted by molar-refractivity contribution is 5.81. The fourth-order valence-corrected chi connectivity index (χ4v) is 3.02. The Morgan fingerprint density at radius 2 is 1.55 bits per heavy atom. The van der Waals surface area contributed by atoms with Crippen molar-refractivity contribution in [3.63, 3.8) is 0 Å². The van der Waals surface area contributed by atoms with Crippen LogP contribution in [0, 0.1) is 11.5 Å². The molecular formula is C22H38N6O. The number of rotatable bonds is 14. The highest BCUT2D eigenvalue weighted by atomic mass is 16.5. The Morgan fingerprint density at radius 3 is 2.14 bits per heavy atom. The lowest BCUT2D eigenvalue weighted by Gasteiger charge is -2.28. The molecule has 0 aliphatic heterocycles. The summed E-state index contributed by atoms with van der Waals surface area (Å²) in [4.78, 5) is 11.5. The zero-order valence-corrected chi connectivity index (χ0v) is 18.6. The van der Waals surface area contributed by atoms with Gasteiger partial charge >= 0.3 is 0 Å². The summed E-state index contributed by atoms with van der Waals surface area (Å²) in [5.74, 6) is 1.48. The average Bonchev–Trinajstić information content (AvgIpc) is 2.76. The Balaban J connectivity index is 2.77. The zero-order valence-electron chi connectivity index (χ0n) is 18.6. The van der Waals surface area contributed by atoms with E-state index >= 15 is 0 Å². The van der Waals surface area contributed by atoms with Crippen molar-refractivity contribution in [1.82, 2.24) is 20.0 Å². The van der Waals surface area contributed by atoms with Crippen molar-refractivity contribution in [3.8, 4) is 11.9 Å². The molecule has 0 aliphatic rings. The molecule has 0 aromatic heterocycles. The summed E-state index contributed by atoms with van der Waals surface area (Å²) in [5.41, 5.74) is 0. The maximum absolute atomic E-state index is 9.24. The van der Waals surface area contributed by atoms with Gasteiger partial charge in [-0.3, -0.25) is 10.3 Å². The Kier molecular flexibility index (Phi) is 13.3. The van der Waals surface area contributed by atoms with Gasteiger partial charge in [-0.05, 0) is 38.3 Å². The summed E-state index contributed by atoms with van der Waals surface area (Å²) in [7, 11) is 0. The van der Waals surface area contributed by atoms with Gasteiger partial charge in [0, 0.05) is 19.6 Å². The SMILES string of the molecule is CCN(CC)CCN=C(NC#N)N(CCOc1ccccc1)CCN(CC)CC. The number of ether oxygens (including phenoxy) is 1. The van der Waals surface area contributed by atoms with Crippen molar-refractivity contribution in [3.05, 3.63) is 30.3 Å². The van der Waals surface area contributed by atoms with E-state index in [1.54, 1.807) is 0 Å². The molecule has 0 spiro atoms. The van der Waals surface area contributed by atoms with E-state index in [9.17, 15) is 5.26 Å². The maximum Gasteiger partial charge on any atom is 0.207 e. The van der Waals surface area contributed by atoms with Gasteiger partial charge in [0.2, 0.25) is 5.96 Å². The van der Waals surface area contributed by atoms with Crippen molar-refractivity contribution < 1.29 is 4.74 Å². The fourth-order valence-electron chi connectivity index (χ4n) is 3.02. The van der Waals surface area contributed by atoms with Gasteiger partial charge in [0.15, 0.2) is 6.19 Å². The molecule has 7 heteroatoms. The molecule has 0 saturated carbocycles. The van der Waals surface area contributed by atoms with Crippen molar-refractivity contribution >= 4 is 5.96 Å². The molecule has 0 radical (unpaired) electrons. The van der Waals surface area contributed by atoms with Crippen LogP contribution in [0.25, 0.3) is 0 Å². The Morgan fingerprint density at radius 1 is 0.931 bits per heavy atom. The van der Waals surface area contributed by atoms with E-state index < -0.39 is 0 Å². The lowest BCUT2D eigenvalue weighted by atomic mass is 10.3. The summed E-state index contributed by atoms with van der Waals surface area (Å²) < 4.78 is 5.87. The highest BCUT2D eigenvalue weighted by Gasteiger charge is 2.13. The number of hydrogen-bond donors (Lipinski definition) is 1. The van der Waals surface area contributed by atoms with Crippen LogP contribution in [0.4, 0.5) is 0 Å². The van der Waals surface area contributed by atoms with Crippen LogP contribution in [0.15, 0.2) is 35.3 Å². The molecule has 162 valence electrons. The predicted octanol–water partition coefficient (Wildman–Crippen LogP) is 2.48. The van der Waals surface area contributed by atoms with Crippen LogP contribution >= 0.6 is 0 Å². The number of benzene rings is 1. The van der Waals surface area contributed by atoms with Crippen molar-refractivity contribution in [2.24, 2.45) is 4.99 Å². The van der Waals surface area contributed by atoms with Crippen LogP contribution in [-0.2, 0) is 0 Å². The number of nitrogens with zero attached hydrogens (tertiary/aromatic N) is 5. The molecule has 1 N–H and O–H groups in total. The quantitative estimate of drug-likeness (QED) is 0.223. The number of nitrogens with one attached hydrogen (secondary N) is 1. The van der Waals surface area contributed by atoms with Crippen LogP contribution in [0.5, 0.6) is 5.75 Å². The first-order valence-electron chi connectivity index (χ1n) is 10.7. The van der Waals surface area contributed by atoms with Gasteiger partial charge in [0.05, 0.1) is 13.1 Å². The zero-order chi connectivity index (χ0) is 21.3. The van der Waals surface area contributed by atoms with Crippen molar-refractivity contribution in [2.75, 3.05) is 65.5 Å². The Bertz CT molecular complexity index is 593. The predicted molar refractivity (Wildman–Crippen MR) is 120 cm³/mol. The van der Waals surface area contributed by atoms with E-state index in [0.717, 1.165) is 51.6 Å². The van der Waals surface area contributed by atoms with E-state index in [1.807, 2.05) is 36.5 Å². The molecule has 0 unspecified atom stereocenters. The van der Waals surface area contributed by atoms with E-state index in [2.05, 4.69) is 47.7 Å². The van der Waals surface area contributed by atoms with E-state index in [1.165, 1.54) is 0 Å². The van der Waals surface area contributed by atoms with Crippen LogP contribution in [0.3, 0.4) is 0 Å². The molecule has 0 aliphatic carbocycles. The van der Waals surface area contributed by atoms with Gasteiger partial charge in [-0.25, -0.2) is 0 Å². The molecule has 29 heavy (non-hydrogen) atoms. The Hall–Kier alpha value is -2.30. The third kappa shape index (κ3) is 10.2. The van der Waals surface area contributed by atoms with Crippen LogP contribution in [-0.4, -0.2) is 86.2 Å². The number of nitriles is 1. The van der Waals surface area contributed by atoms with Gasteiger partial charge < -0.3 is 19.4 Å². The minimum atomic E-state index is 0.532. The van der Waals surface area contributed by atoms with Crippen molar-refractivity contribution in [1.29, 1.82) is 5.26 Å². The smallest absolute Gasteiger partial charge is 0.207 e. The highest BCUT2D eigenvalue weighted by Crippen LogP contribution is 2.08. The van der Waals surface area contributed by atoms with E-state index in [-0.39, 0.29) is 0 Å². The molecule has 0 bridgehead atoms.